The van der Waals surface area contributed by atoms with Crippen LogP contribution in [0.15, 0.2) is 60.7 Å². The van der Waals surface area contributed by atoms with Crippen LogP contribution in [0, 0.1) is 0 Å². The first-order valence-corrected chi connectivity index (χ1v) is 8.65. The number of para-hydroxylation sites is 1. The molecule has 2 heterocycles. The van der Waals surface area contributed by atoms with E-state index in [1.54, 1.807) is 4.90 Å². The zero-order chi connectivity index (χ0) is 17.2. The number of nitrogens with zero attached hydrogens (tertiary/aromatic N) is 2. The lowest BCUT2D eigenvalue weighted by Gasteiger charge is -2.24. The maximum atomic E-state index is 13.2. The highest BCUT2D eigenvalue weighted by molar-refractivity contribution is 6.07. The molecule has 1 N–H and O–H groups in total. The van der Waals surface area contributed by atoms with Crippen molar-refractivity contribution in [3.8, 4) is 11.3 Å². The van der Waals surface area contributed by atoms with Crippen LogP contribution in [0.4, 0.5) is 0 Å². The second-order valence-electron chi connectivity index (χ2n) is 6.42. The van der Waals surface area contributed by atoms with Crippen molar-refractivity contribution in [1.82, 2.24) is 9.88 Å². The summed E-state index contributed by atoms with van der Waals surface area (Å²) < 4.78 is 0. The largest absolute Gasteiger partial charge is 0.394 e. The minimum Gasteiger partial charge on any atom is -0.394 e. The molecular weight excluding hydrogens is 312 g/mol. The molecule has 1 unspecified atom stereocenters. The number of pyridine rings is 1. The van der Waals surface area contributed by atoms with E-state index in [0.29, 0.717) is 12.1 Å². The fourth-order valence-corrected chi connectivity index (χ4v) is 3.56. The number of aliphatic hydroxyl groups excluding tert-OH is 1. The smallest absolute Gasteiger partial charge is 0.254 e. The van der Waals surface area contributed by atoms with Gasteiger partial charge in [-0.25, -0.2) is 4.98 Å². The van der Waals surface area contributed by atoms with Crippen LogP contribution in [0.1, 0.15) is 23.2 Å². The minimum atomic E-state index is -0.0837. The Kier molecular flexibility index (Phi) is 4.20. The van der Waals surface area contributed by atoms with Crippen molar-refractivity contribution >= 4 is 16.8 Å². The Morgan fingerprint density at radius 2 is 1.88 bits per heavy atom. The fraction of sp³-hybridized carbons (Fsp3) is 0.238. The Morgan fingerprint density at radius 3 is 2.68 bits per heavy atom. The summed E-state index contributed by atoms with van der Waals surface area (Å²) in [4.78, 5) is 19.7. The zero-order valence-corrected chi connectivity index (χ0v) is 13.9. The number of benzene rings is 2. The molecule has 1 aliphatic heterocycles. The molecule has 1 amide bonds. The molecule has 126 valence electrons. The number of amides is 1. The lowest BCUT2D eigenvalue weighted by molar-refractivity contribution is 0.0679. The Bertz CT molecular complexity index is 908. The van der Waals surface area contributed by atoms with Gasteiger partial charge in [-0.1, -0.05) is 48.5 Å². The molecule has 1 aromatic heterocycles. The molecule has 1 fully saturated rings. The number of aliphatic hydroxyl groups is 1. The summed E-state index contributed by atoms with van der Waals surface area (Å²) >= 11 is 0. The van der Waals surface area contributed by atoms with E-state index >= 15 is 0 Å². The Hall–Kier alpha value is -2.72. The van der Waals surface area contributed by atoms with E-state index in [0.717, 1.165) is 35.0 Å². The SMILES string of the molecule is O=C(c1cc(-c2ccccc2)nc2ccccc12)N1CCCC1CO. The highest BCUT2D eigenvalue weighted by Gasteiger charge is 2.30. The number of hydrogen-bond acceptors (Lipinski definition) is 3. The van der Waals surface area contributed by atoms with E-state index in [9.17, 15) is 9.90 Å². The van der Waals surface area contributed by atoms with Crippen LogP contribution in [-0.4, -0.2) is 40.1 Å². The van der Waals surface area contributed by atoms with Gasteiger partial charge in [-0.05, 0) is 25.0 Å². The molecule has 0 aliphatic carbocycles. The first-order chi connectivity index (χ1) is 12.3. The third kappa shape index (κ3) is 2.89. The number of aromatic nitrogens is 1. The topological polar surface area (TPSA) is 53.4 Å². The lowest BCUT2D eigenvalue weighted by Crippen LogP contribution is -2.37. The maximum absolute atomic E-state index is 13.2. The molecule has 4 nitrogen and oxygen atoms in total. The molecule has 25 heavy (non-hydrogen) atoms. The van der Waals surface area contributed by atoms with Gasteiger partial charge in [0.05, 0.1) is 29.4 Å². The van der Waals surface area contributed by atoms with Crippen molar-refractivity contribution in [2.45, 2.75) is 18.9 Å². The van der Waals surface area contributed by atoms with E-state index in [-0.39, 0.29) is 18.6 Å². The first-order valence-electron chi connectivity index (χ1n) is 8.65. The molecule has 0 spiro atoms. The highest BCUT2D eigenvalue weighted by atomic mass is 16.3. The van der Waals surface area contributed by atoms with Gasteiger partial charge >= 0.3 is 0 Å². The van der Waals surface area contributed by atoms with E-state index in [1.165, 1.54) is 0 Å². The van der Waals surface area contributed by atoms with Gasteiger partial charge in [0.25, 0.3) is 5.91 Å². The van der Waals surface area contributed by atoms with Gasteiger partial charge in [0.1, 0.15) is 0 Å². The summed E-state index contributed by atoms with van der Waals surface area (Å²) in [5.41, 5.74) is 3.25. The average molecular weight is 332 g/mol. The molecule has 1 saturated heterocycles. The van der Waals surface area contributed by atoms with Crippen LogP contribution in [-0.2, 0) is 0 Å². The molecule has 0 radical (unpaired) electrons. The fourth-order valence-electron chi connectivity index (χ4n) is 3.56. The van der Waals surface area contributed by atoms with E-state index in [1.807, 2.05) is 60.7 Å². The average Bonchev–Trinajstić information content (AvgIpc) is 3.16. The lowest BCUT2D eigenvalue weighted by atomic mass is 10.0. The summed E-state index contributed by atoms with van der Waals surface area (Å²) in [6.07, 6.45) is 1.79. The van der Waals surface area contributed by atoms with Gasteiger partial charge in [-0.3, -0.25) is 4.79 Å². The van der Waals surface area contributed by atoms with Crippen molar-refractivity contribution in [2.24, 2.45) is 0 Å². The molecule has 2 aromatic carbocycles. The molecule has 1 atom stereocenters. The van der Waals surface area contributed by atoms with Gasteiger partial charge in [0.2, 0.25) is 0 Å². The standard InChI is InChI=1S/C21H20N2O2/c24-14-16-9-6-12-23(16)21(25)18-13-20(15-7-2-1-3-8-15)22-19-11-5-4-10-17(18)19/h1-5,7-8,10-11,13,16,24H,6,9,12,14H2. The van der Waals surface area contributed by atoms with Crippen LogP contribution in [0.3, 0.4) is 0 Å². The van der Waals surface area contributed by atoms with Gasteiger partial charge < -0.3 is 10.0 Å². The Balaban J connectivity index is 1.86. The van der Waals surface area contributed by atoms with Crippen LogP contribution in [0.5, 0.6) is 0 Å². The Labute approximate surface area is 146 Å². The summed E-state index contributed by atoms with van der Waals surface area (Å²) in [6.45, 7) is 0.710. The first kappa shape index (κ1) is 15.8. The predicted molar refractivity (Wildman–Crippen MR) is 98.3 cm³/mol. The normalized spacial score (nSPS) is 17.2. The van der Waals surface area contributed by atoms with E-state index < -0.39 is 0 Å². The molecular formula is C21H20N2O2. The molecule has 0 saturated carbocycles. The molecule has 0 bridgehead atoms. The predicted octanol–water partition coefficient (Wildman–Crippen LogP) is 3.50. The molecule has 4 rings (SSSR count). The summed E-state index contributed by atoms with van der Waals surface area (Å²) in [5.74, 6) is -0.0210. The number of carbonyl (C=O) groups excluding carboxylic acids is 1. The van der Waals surface area contributed by atoms with Crippen molar-refractivity contribution in [2.75, 3.05) is 13.2 Å². The number of carbonyl (C=O) groups is 1. The zero-order valence-electron chi connectivity index (χ0n) is 13.9. The number of fused-ring (bicyclic) bond motifs is 1. The van der Waals surface area contributed by atoms with Crippen LogP contribution in [0.25, 0.3) is 22.2 Å². The number of rotatable bonds is 3. The van der Waals surface area contributed by atoms with Crippen molar-refractivity contribution in [3.63, 3.8) is 0 Å². The third-order valence-electron chi connectivity index (χ3n) is 4.86. The van der Waals surface area contributed by atoms with Gasteiger partial charge in [-0.15, -0.1) is 0 Å². The molecule has 3 aromatic rings. The van der Waals surface area contributed by atoms with Gasteiger partial charge in [0, 0.05) is 17.5 Å². The van der Waals surface area contributed by atoms with Crippen molar-refractivity contribution in [1.29, 1.82) is 0 Å². The van der Waals surface area contributed by atoms with Crippen LogP contribution in [0.2, 0.25) is 0 Å². The van der Waals surface area contributed by atoms with Crippen molar-refractivity contribution in [3.05, 3.63) is 66.2 Å². The summed E-state index contributed by atoms with van der Waals surface area (Å²) in [6, 6.07) is 19.4. The van der Waals surface area contributed by atoms with Crippen LogP contribution >= 0.6 is 0 Å². The quantitative estimate of drug-likeness (QED) is 0.799. The maximum Gasteiger partial charge on any atom is 0.254 e. The second kappa shape index (κ2) is 6.65. The van der Waals surface area contributed by atoms with E-state index in [4.69, 9.17) is 4.98 Å². The summed E-state index contributed by atoms with van der Waals surface area (Å²) in [7, 11) is 0. The second-order valence-corrected chi connectivity index (χ2v) is 6.42. The van der Waals surface area contributed by atoms with Gasteiger partial charge in [-0.2, -0.15) is 0 Å². The number of hydrogen-bond donors (Lipinski definition) is 1. The Morgan fingerprint density at radius 1 is 1.12 bits per heavy atom. The third-order valence-corrected chi connectivity index (χ3v) is 4.86. The highest BCUT2D eigenvalue weighted by Crippen LogP contribution is 2.28. The van der Waals surface area contributed by atoms with Gasteiger partial charge in [0.15, 0.2) is 0 Å². The minimum absolute atomic E-state index is 0.0142. The number of likely N-dealkylation sites (tertiary alicyclic amines) is 1. The molecule has 1 aliphatic rings. The van der Waals surface area contributed by atoms with Crippen LogP contribution < -0.4 is 0 Å². The van der Waals surface area contributed by atoms with Crippen molar-refractivity contribution < 1.29 is 9.90 Å². The monoisotopic (exact) mass is 332 g/mol. The summed E-state index contributed by atoms with van der Waals surface area (Å²) in [5, 5.41) is 10.4. The van der Waals surface area contributed by atoms with E-state index in [2.05, 4.69) is 0 Å². The molecule has 4 heteroatoms.